The van der Waals surface area contributed by atoms with Gasteiger partial charge in [-0.05, 0) is 11.6 Å². The van der Waals surface area contributed by atoms with Gasteiger partial charge in [0.1, 0.15) is 4.83 Å². The highest BCUT2D eigenvalue weighted by Crippen LogP contribution is 2.55. The van der Waals surface area contributed by atoms with Gasteiger partial charge in [0.05, 0.1) is 10.0 Å². The number of carbonyl (C=O) groups is 1. The average Bonchev–Trinajstić information content (AvgIpc) is 2.92. The molecule has 1 aliphatic carbocycles. The Morgan fingerprint density at radius 1 is 0.917 bits per heavy atom. The topological polar surface area (TPSA) is 30.0 Å². The molecular weight excluding hydrogens is 430 g/mol. The van der Waals surface area contributed by atoms with Crippen molar-refractivity contribution in [3.63, 3.8) is 0 Å². The fourth-order valence-corrected chi connectivity index (χ4v) is 4.90. The maximum Gasteiger partial charge on any atom is 0.178 e. The summed E-state index contributed by atoms with van der Waals surface area (Å²) < 4.78 is -0.639. The van der Waals surface area contributed by atoms with Crippen molar-refractivity contribution in [3.8, 4) is 11.3 Å². The van der Waals surface area contributed by atoms with Gasteiger partial charge in [-0.15, -0.1) is 0 Å². The number of Topliss-reactive ketones (excluding diaryl/α,β-unsaturated/α-hetero) is 1. The zero-order chi connectivity index (χ0) is 16.7. The van der Waals surface area contributed by atoms with Gasteiger partial charge >= 0.3 is 0 Å². The van der Waals surface area contributed by atoms with Gasteiger partial charge < -0.3 is 0 Å². The van der Waals surface area contributed by atoms with Crippen molar-refractivity contribution in [3.05, 3.63) is 89.6 Å². The zero-order valence-corrected chi connectivity index (χ0v) is 15.8. The highest BCUT2D eigenvalue weighted by Gasteiger charge is 2.49. The summed E-state index contributed by atoms with van der Waals surface area (Å²) in [6.07, 6.45) is 1.79. The number of pyridine rings is 1. The third-order valence-electron chi connectivity index (χ3n) is 4.41. The first-order valence-corrected chi connectivity index (χ1v) is 9.32. The van der Waals surface area contributed by atoms with Crippen LogP contribution >= 0.6 is 31.9 Å². The Kier molecular flexibility index (Phi) is 3.89. The number of nitrogens with zero attached hydrogens (tertiary/aromatic N) is 1. The first-order chi connectivity index (χ1) is 11.6. The molecule has 3 aromatic rings. The van der Waals surface area contributed by atoms with E-state index in [1.807, 2.05) is 54.6 Å². The predicted molar refractivity (Wildman–Crippen MR) is 103 cm³/mol. The van der Waals surface area contributed by atoms with Crippen LogP contribution in [0.5, 0.6) is 0 Å². The van der Waals surface area contributed by atoms with E-state index >= 15 is 0 Å². The van der Waals surface area contributed by atoms with E-state index in [2.05, 4.69) is 49.0 Å². The molecule has 0 aliphatic heterocycles. The second-order valence-corrected chi connectivity index (χ2v) is 7.92. The predicted octanol–water partition coefficient (Wildman–Crippen LogP) is 5.35. The molecule has 1 heterocycles. The van der Waals surface area contributed by atoms with E-state index in [1.54, 1.807) is 6.20 Å². The fourth-order valence-electron chi connectivity index (χ4n) is 3.27. The van der Waals surface area contributed by atoms with Crippen LogP contribution in [-0.4, -0.2) is 15.6 Å². The molecule has 4 rings (SSSR count). The number of hydrogen-bond acceptors (Lipinski definition) is 2. The lowest BCUT2D eigenvalue weighted by Gasteiger charge is -2.29. The molecule has 24 heavy (non-hydrogen) atoms. The Labute approximate surface area is 157 Å². The standard InChI is InChI=1S/C20H13Br2NO/c21-19(18(24)13-7-2-1-3-8-13)20(22)15-10-5-4-9-14(15)17-16(20)11-6-12-23-17/h1-12,19H. The summed E-state index contributed by atoms with van der Waals surface area (Å²) in [6.45, 7) is 0. The molecule has 2 aromatic carbocycles. The molecule has 0 fully saturated rings. The van der Waals surface area contributed by atoms with Gasteiger partial charge in [-0.3, -0.25) is 9.78 Å². The fraction of sp³-hybridized carbons (Fsp3) is 0.100. The summed E-state index contributed by atoms with van der Waals surface area (Å²) in [6, 6.07) is 21.4. The summed E-state index contributed by atoms with van der Waals surface area (Å²) in [5, 5.41) is 0. The largest absolute Gasteiger partial charge is 0.293 e. The molecule has 0 saturated carbocycles. The Morgan fingerprint density at radius 2 is 1.58 bits per heavy atom. The summed E-state index contributed by atoms with van der Waals surface area (Å²) in [7, 11) is 0. The zero-order valence-electron chi connectivity index (χ0n) is 12.6. The number of halogens is 2. The third-order valence-corrected chi connectivity index (χ3v) is 7.44. The van der Waals surface area contributed by atoms with Crippen LogP contribution in [0, 0.1) is 0 Å². The van der Waals surface area contributed by atoms with Gasteiger partial charge in [0.15, 0.2) is 5.78 Å². The molecule has 4 heteroatoms. The summed E-state index contributed by atoms with van der Waals surface area (Å²) >= 11 is 7.58. The van der Waals surface area contributed by atoms with Crippen LogP contribution in [0.15, 0.2) is 72.9 Å². The van der Waals surface area contributed by atoms with E-state index < -0.39 is 9.15 Å². The monoisotopic (exact) mass is 441 g/mol. The Morgan fingerprint density at radius 3 is 2.38 bits per heavy atom. The molecule has 0 spiro atoms. The van der Waals surface area contributed by atoms with Crippen molar-refractivity contribution in [2.24, 2.45) is 0 Å². The van der Waals surface area contributed by atoms with Gasteiger partial charge in [-0.1, -0.05) is 92.5 Å². The summed E-state index contributed by atoms with van der Waals surface area (Å²) in [5.41, 5.74) is 4.75. The number of benzene rings is 2. The number of fused-ring (bicyclic) bond motifs is 3. The second kappa shape index (κ2) is 5.94. The van der Waals surface area contributed by atoms with Gasteiger partial charge in [-0.25, -0.2) is 0 Å². The van der Waals surface area contributed by atoms with Gasteiger partial charge in [0.25, 0.3) is 0 Å². The SMILES string of the molecule is O=C(c1ccccc1)C(Br)C1(Br)c2ccccc2-c2ncccc21. The summed E-state index contributed by atoms with van der Waals surface area (Å²) in [5.74, 6) is 0.0407. The number of aromatic nitrogens is 1. The number of alkyl halides is 2. The van der Waals surface area contributed by atoms with Gasteiger partial charge in [-0.2, -0.15) is 0 Å². The molecule has 1 aliphatic rings. The first-order valence-electron chi connectivity index (χ1n) is 7.61. The maximum absolute atomic E-state index is 13.1. The minimum atomic E-state index is -0.639. The van der Waals surface area contributed by atoms with Crippen molar-refractivity contribution in [2.45, 2.75) is 9.15 Å². The van der Waals surface area contributed by atoms with Crippen molar-refractivity contribution >= 4 is 37.6 Å². The van der Waals surface area contributed by atoms with E-state index in [9.17, 15) is 4.79 Å². The second-order valence-electron chi connectivity index (χ2n) is 5.75. The number of hydrogen-bond donors (Lipinski definition) is 0. The van der Waals surface area contributed by atoms with Crippen molar-refractivity contribution in [1.29, 1.82) is 0 Å². The molecule has 0 bridgehead atoms. The van der Waals surface area contributed by atoms with Crippen LogP contribution in [0.1, 0.15) is 21.5 Å². The molecule has 0 N–H and O–H groups in total. The van der Waals surface area contributed by atoms with Crippen LogP contribution in [0.3, 0.4) is 0 Å². The summed E-state index contributed by atoms with van der Waals surface area (Å²) in [4.78, 5) is 17.2. The van der Waals surface area contributed by atoms with Crippen molar-refractivity contribution < 1.29 is 4.79 Å². The van der Waals surface area contributed by atoms with Gasteiger partial charge in [0, 0.05) is 22.9 Å². The van der Waals surface area contributed by atoms with E-state index in [0.717, 1.165) is 22.4 Å². The van der Waals surface area contributed by atoms with Crippen molar-refractivity contribution in [1.82, 2.24) is 4.98 Å². The lowest BCUT2D eigenvalue weighted by atomic mass is 9.89. The molecule has 0 radical (unpaired) electrons. The Balaban J connectivity index is 1.89. The molecule has 2 unspecified atom stereocenters. The first kappa shape index (κ1) is 15.7. The van der Waals surface area contributed by atoms with E-state index in [-0.39, 0.29) is 5.78 Å². The van der Waals surface area contributed by atoms with Crippen LogP contribution in [0.2, 0.25) is 0 Å². The smallest absolute Gasteiger partial charge is 0.178 e. The highest BCUT2D eigenvalue weighted by atomic mass is 79.9. The number of rotatable bonds is 3. The maximum atomic E-state index is 13.1. The highest BCUT2D eigenvalue weighted by molar-refractivity contribution is 9.12. The number of carbonyl (C=O) groups excluding carboxylic acids is 1. The van der Waals surface area contributed by atoms with Crippen molar-refractivity contribution in [2.75, 3.05) is 0 Å². The lowest BCUT2D eigenvalue weighted by molar-refractivity contribution is 0.0984. The van der Waals surface area contributed by atoms with E-state index in [4.69, 9.17) is 0 Å². The Bertz CT molecular complexity index is 878. The molecule has 1 aromatic heterocycles. The lowest BCUT2D eigenvalue weighted by Crippen LogP contribution is -2.35. The quantitative estimate of drug-likeness (QED) is 0.404. The molecular formula is C20H13Br2NO. The van der Waals surface area contributed by atoms with Crippen LogP contribution in [0.25, 0.3) is 11.3 Å². The van der Waals surface area contributed by atoms with Crippen LogP contribution < -0.4 is 0 Å². The van der Waals surface area contributed by atoms with E-state index in [1.165, 1.54) is 0 Å². The molecule has 0 amide bonds. The minimum absolute atomic E-state index is 0.0407. The normalized spacial score (nSPS) is 19.4. The van der Waals surface area contributed by atoms with E-state index in [0.29, 0.717) is 5.56 Å². The van der Waals surface area contributed by atoms with Gasteiger partial charge in [0.2, 0.25) is 0 Å². The molecule has 118 valence electrons. The molecule has 2 nitrogen and oxygen atoms in total. The van der Waals surface area contributed by atoms with Crippen LogP contribution in [-0.2, 0) is 4.32 Å². The average molecular weight is 443 g/mol. The Hall–Kier alpha value is -1.78. The van der Waals surface area contributed by atoms with Crippen LogP contribution in [0.4, 0.5) is 0 Å². The third kappa shape index (κ3) is 2.20. The minimum Gasteiger partial charge on any atom is -0.293 e. The molecule has 0 saturated heterocycles. The molecule has 2 atom stereocenters. The number of ketones is 1.